The van der Waals surface area contributed by atoms with Crippen LogP contribution in [0.25, 0.3) is 11.0 Å². The van der Waals surface area contributed by atoms with Gasteiger partial charge in [0.15, 0.2) is 0 Å². The van der Waals surface area contributed by atoms with Crippen LogP contribution in [0.2, 0.25) is 0 Å². The van der Waals surface area contributed by atoms with Crippen molar-refractivity contribution < 1.29 is 26.4 Å². The first-order valence-corrected chi connectivity index (χ1v) is 9.25. The first-order chi connectivity index (χ1) is 12.3. The van der Waals surface area contributed by atoms with E-state index in [9.17, 15) is 22.0 Å². The molecule has 136 valence electrons. The molecule has 0 fully saturated rings. The van der Waals surface area contributed by atoms with Gasteiger partial charge < -0.3 is 9.73 Å². The second kappa shape index (κ2) is 6.87. The highest BCUT2D eigenvalue weighted by Gasteiger charge is 2.26. The van der Waals surface area contributed by atoms with Crippen LogP contribution in [0.5, 0.6) is 0 Å². The van der Waals surface area contributed by atoms with E-state index in [1.165, 1.54) is 12.1 Å². The average molecular weight is 379 g/mol. The highest BCUT2D eigenvalue weighted by molar-refractivity contribution is 7.91. The van der Waals surface area contributed by atoms with Crippen molar-refractivity contribution in [3.63, 3.8) is 0 Å². The highest BCUT2D eigenvalue weighted by Crippen LogP contribution is 2.24. The van der Waals surface area contributed by atoms with Gasteiger partial charge in [0.25, 0.3) is 5.91 Å². The Morgan fingerprint density at radius 3 is 2.35 bits per heavy atom. The van der Waals surface area contributed by atoms with Crippen LogP contribution in [0.15, 0.2) is 63.9 Å². The van der Waals surface area contributed by atoms with Crippen molar-refractivity contribution in [2.75, 3.05) is 0 Å². The van der Waals surface area contributed by atoms with Crippen molar-refractivity contribution in [3.05, 3.63) is 65.9 Å². The van der Waals surface area contributed by atoms with Crippen molar-refractivity contribution in [1.82, 2.24) is 5.32 Å². The lowest BCUT2D eigenvalue weighted by Gasteiger charge is -2.11. The molecule has 3 rings (SSSR count). The zero-order valence-corrected chi connectivity index (χ0v) is 14.5. The van der Waals surface area contributed by atoms with Crippen LogP contribution >= 0.6 is 0 Å². The lowest BCUT2D eigenvalue weighted by Crippen LogP contribution is -2.26. The van der Waals surface area contributed by atoms with Crippen molar-refractivity contribution in [2.45, 2.75) is 23.6 Å². The molecule has 26 heavy (non-hydrogen) atoms. The minimum absolute atomic E-state index is 0.154. The second-order valence-electron chi connectivity index (χ2n) is 5.71. The summed E-state index contributed by atoms with van der Waals surface area (Å²) >= 11 is 0. The molecule has 1 atom stereocenters. The Balaban J connectivity index is 1.75. The van der Waals surface area contributed by atoms with Gasteiger partial charge in [-0.15, -0.1) is 0 Å². The second-order valence-corrected chi connectivity index (χ2v) is 7.63. The summed E-state index contributed by atoms with van der Waals surface area (Å²) in [4.78, 5) is 11.8. The van der Waals surface area contributed by atoms with Crippen LogP contribution in [0, 0.1) is 0 Å². The molecule has 0 bridgehead atoms. The molecule has 0 aliphatic rings. The monoisotopic (exact) mass is 379 g/mol. The van der Waals surface area contributed by atoms with E-state index in [1.807, 2.05) is 30.3 Å². The molecule has 0 saturated carbocycles. The average Bonchev–Trinajstić information content (AvgIpc) is 3.06. The predicted octanol–water partition coefficient (Wildman–Crippen LogP) is 3.92. The molecule has 0 saturated heterocycles. The molecule has 1 heterocycles. The zero-order chi connectivity index (χ0) is 18.9. The number of furan rings is 1. The quantitative estimate of drug-likeness (QED) is 0.729. The van der Waals surface area contributed by atoms with E-state index in [2.05, 4.69) is 5.32 Å². The number of hydrogen-bond acceptors (Lipinski definition) is 4. The van der Waals surface area contributed by atoms with Gasteiger partial charge in [-0.1, -0.05) is 18.2 Å². The summed E-state index contributed by atoms with van der Waals surface area (Å²) in [5, 5.41) is 3.63. The molecule has 5 nitrogen and oxygen atoms in total. The van der Waals surface area contributed by atoms with Crippen LogP contribution in [0.3, 0.4) is 0 Å². The fourth-order valence-electron chi connectivity index (χ4n) is 2.47. The fraction of sp³-hybridized carbons (Fsp3) is 0.167. The van der Waals surface area contributed by atoms with Crippen LogP contribution in [-0.4, -0.2) is 20.1 Å². The minimum Gasteiger partial charge on any atom is -0.459 e. The van der Waals surface area contributed by atoms with Crippen LogP contribution in [0.4, 0.5) is 8.78 Å². The van der Waals surface area contributed by atoms with Gasteiger partial charge in [0.05, 0.1) is 10.9 Å². The number of para-hydroxylation sites is 1. The largest absolute Gasteiger partial charge is 0.459 e. The molecule has 1 aromatic heterocycles. The maximum absolute atomic E-state index is 12.5. The summed E-state index contributed by atoms with van der Waals surface area (Å²) in [5.74, 6) is -3.41. The number of alkyl halides is 2. The number of carbonyl (C=O) groups excluding carboxylic acids is 1. The van der Waals surface area contributed by atoms with Gasteiger partial charge >= 0.3 is 5.76 Å². The van der Waals surface area contributed by atoms with Crippen LogP contribution in [-0.2, 0) is 9.84 Å². The van der Waals surface area contributed by atoms with Gasteiger partial charge in [-0.2, -0.15) is 8.78 Å². The molecule has 0 unspecified atom stereocenters. The van der Waals surface area contributed by atoms with Crippen LogP contribution in [0.1, 0.15) is 29.1 Å². The Bertz CT molecular complexity index is 1010. The number of benzene rings is 2. The summed E-state index contributed by atoms with van der Waals surface area (Å²) in [6.07, 6.45) is 0. The molecule has 0 spiro atoms. The normalized spacial score (nSPS) is 13.1. The van der Waals surface area contributed by atoms with E-state index >= 15 is 0 Å². The van der Waals surface area contributed by atoms with E-state index in [0.29, 0.717) is 11.3 Å². The van der Waals surface area contributed by atoms with Crippen molar-refractivity contribution in [3.8, 4) is 0 Å². The predicted molar refractivity (Wildman–Crippen MR) is 91.7 cm³/mol. The lowest BCUT2D eigenvalue weighted by atomic mass is 10.1. The number of amides is 1. The highest BCUT2D eigenvalue weighted by atomic mass is 32.2. The molecule has 2 aromatic carbocycles. The number of carbonyl (C=O) groups is 1. The third-order valence-electron chi connectivity index (χ3n) is 3.90. The van der Waals surface area contributed by atoms with Gasteiger partial charge in [0, 0.05) is 10.9 Å². The summed E-state index contributed by atoms with van der Waals surface area (Å²) in [7, 11) is -4.68. The van der Waals surface area contributed by atoms with Gasteiger partial charge in [0.2, 0.25) is 9.84 Å². The van der Waals surface area contributed by atoms with E-state index in [1.54, 1.807) is 6.92 Å². The van der Waals surface area contributed by atoms with E-state index < -0.39 is 32.4 Å². The lowest BCUT2D eigenvalue weighted by molar-refractivity contribution is 0.0935. The molecular weight excluding hydrogens is 364 g/mol. The first-order valence-electron chi connectivity index (χ1n) is 7.70. The summed E-state index contributed by atoms with van der Waals surface area (Å²) in [5.41, 5.74) is 0.853. The minimum atomic E-state index is -4.68. The van der Waals surface area contributed by atoms with Gasteiger partial charge in [-0.05, 0) is 43.3 Å². The van der Waals surface area contributed by atoms with E-state index in [4.69, 9.17) is 4.42 Å². The third kappa shape index (κ3) is 3.45. The van der Waals surface area contributed by atoms with Crippen molar-refractivity contribution >= 4 is 26.7 Å². The first kappa shape index (κ1) is 18.1. The summed E-state index contributed by atoms with van der Waals surface area (Å²) in [6.45, 7) is 1.74. The molecule has 1 N–H and O–H groups in total. The molecule has 0 aliphatic carbocycles. The van der Waals surface area contributed by atoms with Crippen molar-refractivity contribution in [1.29, 1.82) is 0 Å². The maximum Gasteiger partial charge on any atom is 0.341 e. The molecule has 1 amide bonds. The number of fused-ring (bicyclic) bond motifs is 1. The topological polar surface area (TPSA) is 76.4 Å². The van der Waals surface area contributed by atoms with E-state index in [-0.39, 0.29) is 5.56 Å². The summed E-state index contributed by atoms with van der Waals surface area (Å²) in [6, 6.07) is 13.2. The smallest absolute Gasteiger partial charge is 0.341 e. The molecule has 3 aromatic rings. The van der Waals surface area contributed by atoms with Gasteiger partial charge in [-0.25, -0.2) is 8.42 Å². The van der Waals surface area contributed by atoms with Gasteiger partial charge in [0.1, 0.15) is 11.3 Å². The Morgan fingerprint density at radius 2 is 1.73 bits per heavy atom. The van der Waals surface area contributed by atoms with Gasteiger partial charge in [-0.3, -0.25) is 4.79 Å². The standard InChI is InChI=1S/C18H15F2NO4S/c1-11(16-10-13-4-2-3-5-15(13)25-16)21-17(22)12-6-8-14(9-7-12)26(23,24)18(19)20/h2-11,18H,1H3,(H,21,22)/t11-/m1/s1. The number of sulfone groups is 1. The van der Waals surface area contributed by atoms with Crippen LogP contribution < -0.4 is 5.32 Å². The Hall–Kier alpha value is -2.74. The third-order valence-corrected chi connectivity index (χ3v) is 5.30. The Morgan fingerprint density at radius 1 is 1.08 bits per heavy atom. The maximum atomic E-state index is 12.5. The number of rotatable bonds is 5. The summed E-state index contributed by atoms with van der Waals surface area (Å²) < 4.78 is 53.5. The zero-order valence-electron chi connectivity index (χ0n) is 13.6. The SMILES string of the molecule is C[C@@H](NC(=O)c1ccc(S(=O)(=O)C(F)F)cc1)c1cc2ccccc2o1. The number of halogens is 2. The van der Waals surface area contributed by atoms with E-state index in [0.717, 1.165) is 17.5 Å². The number of nitrogens with one attached hydrogen (secondary N) is 1. The number of hydrogen-bond donors (Lipinski definition) is 1. The van der Waals surface area contributed by atoms with Crippen molar-refractivity contribution in [2.24, 2.45) is 0 Å². The Kier molecular flexibility index (Phi) is 4.78. The molecular formula is C18H15F2NO4S. The molecule has 8 heteroatoms. The fourth-order valence-corrected chi connectivity index (χ4v) is 3.19. The molecule has 0 radical (unpaired) electrons. The Labute approximate surface area is 148 Å². The molecule has 0 aliphatic heterocycles.